The molecule has 0 saturated carbocycles. The molecule has 0 saturated heterocycles. The van der Waals surface area contributed by atoms with Crippen molar-refractivity contribution in [3.8, 4) is 5.75 Å². The number of hydrogen-bond donors (Lipinski definition) is 2. The van der Waals surface area contributed by atoms with E-state index in [1.54, 1.807) is 12.1 Å². The highest BCUT2D eigenvalue weighted by molar-refractivity contribution is 5.34. The smallest absolute Gasteiger partial charge is 0.115 e. The predicted octanol–water partition coefficient (Wildman–Crippen LogP) is 1.90. The third-order valence-corrected chi connectivity index (χ3v) is 2.55. The van der Waals surface area contributed by atoms with Gasteiger partial charge in [-0.25, -0.2) is 0 Å². The molecule has 0 amide bonds. The predicted molar refractivity (Wildman–Crippen MR) is 52.3 cm³/mol. The van der Waals surface area contributed by atoms with Gasteiger partial charge in [-0.3, -0.25) is 0 Å². The van der Waals surface area contributed by atoms with Gasteiger partial charge < -0.3 is 10.8 Å². The molecule has 1 aromatic rings. The van der Waals surface area contributed by atoms with Gasteiger partial charge in [0.25, 0.3) is 0 Å². The summed E-state index contributed by atoms with van der Waals surface area (Å²) in [5.74, 6) is 0.286. The van der Waals surface area contributed by atoms with Crippen LogP contribution in [0.3, 0.4) is 0 Å². The van der Waals surface area contributed by atoms with Crippen LogP contribution in [0.15, 0.2) is 36.4 Å². The first-order valence-corrected chi connectivity index (χ1v) is 4.44. The van der Waals surface area contributed by atoms with E-state index in [9.17, 15) is 5.11 Å². The first-order chi connectivity index (χ1) is 6.21. The van der Waals surface area contributed by atoms with Gasteiger partial charge in [0.15, 0.2) is 0 Å². The second kappa shape index (κ2) is 2.89. The van der Waals surface area contributed by atoms with E-state index in [1.165, 1.54) is 0 Å². The first kappa shape index (κ1) is 8.32. The molecule has 0 heterocycles. The summed E-state index contributed by atoms with van der Waals surface area (Å²) in [5.41, 5.74) is 6.89. The number of phenols is 1. The van der Waals surface area contributed by atoms with E-state index in [2.05, 4.69) is 12.2 Å². The first-order valence-electron chi connectivity index (χ1n) is 4.44. The molecule has 0 bridgehead atoms. The molecular weight excluding hydrogens is 162 g/mol. The molecule has 0 spiro atoms. The Labute approximate surface area is 77.7 Å². The fraction of sp³-hybridized carbons (Fsp3) is 0.273. The zero-order valence-corrected chi connectivity index (χ0v) is 7.40. The lowest BCUT2D eigenvalue weighted by Gasteiger charge is -2.24. The minimum absolute atomic E-state index is 0.286. The average Bonchev–Trinajstić information content (AvgIpc) is 2.54. The molecule has 13 heavy (non-hydrogen) atoms. The van der Waals surface area contributed by atoms with Crippen molar-refractivity contribution in [1.82, 2.24) is 0 Å². The SMILES string of the molecule is NC1(c2cccc(O)c2)CC=CC1. The van der Waals surface area contributed by atoms with Gasteiger partial charge in [0.1, 0.15) is 5.75 Å². The highest BCUT2D eigenvalue weighted by Crippen LogP contribution is 2.32. The third-order valence-electron chi connectivity index (χ3n) is 2.55. The van der Waals surface area contributed by atoms with Gasteiger partial charge >= 0.3 is 0 Å². The Kier molecular flexibility index (Phi) is 1.85. The van der Waals surface area contributed by atoms with Gasteiger partial charge in [0.05, 0.1) is 0 Å². The van der Waals surface area contributed by atoms with Crippen LogP contribution in [0.5, 0.6) is 5.75 Å². The van der Waals surface area contributed by atoms with Crippen LogP contribution in [0.4, 0.5) is 0 Å². The Morgan fingerprint density at radius 1 is 1.23 bits per heavy atom. The number of aromatic hydroxyl groups is 1. The second-order valence-corrected chi connectivity index (χ2v) is 3.59. The Hall–Kier alpha value is -1.28. The number of rotatable bonds is 1. The van der Waals surface area contributed by atoms with Gasteiger partial charge in [0, 0.05) is 5.54 Å². The van der Waals surface area contributed by atoms with Crippen molar-refractivity contribution in [3.63, 3.8) is 0 Å². The van der Waals surface area contributed by atoms with Gasteiger partial charge in [-0.15, -0.1) is 0 Å². The standard InChI is InChI=1S/C11H13NO/c12-11(6-1-2-7-11)9-4-3-5-10(13)8-9/h1-5,8,13H,6-7,12H2. The molecule has 2 rings (SSSR count). The van der Waals surface area contributed by atoms with Gasteiger partial charge in [-0.1, -0.05) is 24.3 Å². The maximum atomic E-state index is 9.31. The Morgan fingerprint density at radius 3 is 2.54 bits per heavy atom. The van der Waals surface area contributed by atoms with Crippen molar-refractivity contribution < 1.29 is 5.11 Å². The Morgan fingerprint density at radius 2 is 1.92 bits per heavy atom. The summed E-state index contributed by atoms with van der Waals surface area (Å²) in [5, 5.41) is 9.31. The van der Waals surface area contributed by atoms with Crippen LogP contribution >= 0.6 is 0 Å². The maximum absolute atomic E-state index is 9.31. The highest BCUT2D eigenvalue weighted by Gasteiger charge is 2.27. The van der Waals surface area contributed by atoms with Gasteiger partial charge in [-0.05, 0) is 30.5 Å². The molecule has 3 N–H and O–H groups in total. The van der Waals surface area contributed by atoms with E-state index in [1.807, 2.05) is 12.1 Å². The molecule has 1 aliphatic carbocycles. The lowest BCUT2D eigenvalue weighted by Crippen LogP contribution is -2.33. The van der Waals surface area contributed by atoms with Crippen molar-refractivity contribution in [1.29, 1.82) is 0 Å². The van der Waals surface area contributed by atoms with Gasteiger partial charge in [0.2, 0.25) is 0 Å². The van der Waals surface area contributed by atoms with Crippen molar-refractivity contribution in [2.45, 2.75) is 18.4 Å². The summed E-state index contributed by atoms with van der Waals surface area (Å²) in [6.07, 6.45) is 5.89. The zero-order valence-electron chi connectivity index (χ0n) is 7.40. The minimum atomic E-state index is -0.293. The van der Waals surface area contributed by atoms with Crippen molar-refractivity contribution >= 4 is 0 Å². The molecule has 2 nitrogen and oxygen atoms in total. The van der Waals surface area contributed by atoms with Gasteiger partial charge in [-0.2, -0.15) is 0 Å². The molecule has 0 atom stereocenters. The van der Waals surface area contributed by atoms with Crippen molar-refractivity contribution in [3.05, 3.63) is 42.0 Å². The van der Waals surface area contributed by atoms with Crippen LogP contribution in [-0.4, -0.2) is 5.11 Å². The van der Waals surface area contributed by atoms with E-state index < -0.39 is 0 Å². The van der Waals surface area contributed by atoms with E-state index in [0.29, 0.717) is 0 Å². The lowest BCUT2D eigenvalue weighted by atomic mass is 9.89. The zero-order chi connectivity index (χ0) is 9.31. The molecular formula is C11H13NO. The summed E-state index contributed by atoms with van der Waals surface area (Å²) in [6.45, 7) is 0. The molecule has 0 unspecified atom stereocenters. The molecule has 0 fully saturated rings. The minimum Gasteiger partial charge on any atom is -0.508 e. The Balaban J connectivity index is 2.35. The number of hydrogen-bond acceptors (Lipinski definition) is 2. The van der Waals surface area contributed by atoms with E-state index in [-0.39, 0.29) is 11.3 Å². The summed E-state index contributed by atoms with van der Waals surface area (Å²) in [7, 11) is 0. The van der Waals surface area contributed by atoms with Crippen molar-refractivity contribution in [2.24, 2.45) is 5.73 Å². The topological polar surface area (TPSA) is 46.2 Å². The molecule has 1 aliphatic rings. The fourth-order valence-electron chi connectivity index (χ4n) is 1.72. The van der Waals surface area contributed by atoms with Crippen LogP contribution in [0.2, 0.25) is 0 Å². The summed E-state index contributed by atoms with van der Waals surface area (Å²) in [6, 6.07) is 7.20. The van der Waals surface area contributed by atoms with Crippen LogP contribution in [0.25, 0.3) is 0 Å². The summed E-state index contributed by atoms with van der Waals surface area (Å²) in [4.78, 5) is 0. The monoisotopic (exact) mass is 175 g/mol. The number of nitrogens with two attached hydrogens (primary N) is 1. The van der Waals surface area contributed by atoms with E-state index in [4.69, 9.17) is 5.73 Å². The normalized spacial score (nSPS) is 19.2. The summed E-state index contributed by atoms with van der Waals surface area (Å²) >= 11 is 0. The third kappa shape index (κ3) is 1.45. The average molecular weight is 175 g/mol. The molecule has 68 valence electrons. The summed E-state index contributed by atoms with van der Waals surface area (Å²) < 4.78 is 0. The molecule has 0 aromatic heterocycles. The van der Waals surface area contributed by atoms with Crippen molar-refractivity contribution in [2.75, 3.05) is 0 Å². The highest BCUT2D eigenvalue weighted by atomic mass is 16.3. The lowest BCUT2D eigenvalue weighted by molar-refractivity contribution is 0.456. The Bertz CT molecular complexity index is 336. The number of phenolic OH excluding ortho intramolecular Hbond substituents is 1. The van der Waals surface area contributed by atoms with Crippen LogP contribution < -0.4 is 5.73 Å². The van der Waals surface area contributed by atoms with E-state index in [0.717, 1.165) is 18.4 Å². The number of benzene rings is 1. The van der Waals surface area contributed by atoms with E-state index >= 15 is 0 Å². The van der Waals surface area contributed by atoms with Crippen LogP contribution in [-0.2, 0) is 5.54 Å². The van der Waals surface area contributed by atoms with Crippen LogP contribution in [0.1, 0.15) is 18.4 Å². The second-order valence-electron chi connectivity index (χ2n) is 3.59. The van der Waals surface area contributed by atoms with Crippen LogP contribution in [0, 0.1) is 0 Å². The molecule has 2 heteroatoms. The quantitative estimate of drug-likeness (QED) is 0.640. The molecule has 0 aliphatic heterocycles. The largest absolute Gasteiger partial charge is 0.508 e. The maximum Gasteiger partial charge on any atom is 0.115 e. The fourth-order valence-corrected chi connectivity index (χ4v) is 1.72. The molecule has 1 aromatic carbocycles. The molecule has 0 radical (unpaired) electrons.